The van der Waals surface area contributed by atoms with Crippen LogP contribution in [0.2, 0.25) is 5.15 Å². The zero-order valence-electron chi connectivity index (χ0n) is 13.7. The molecule has 1 aromatic rings. The highest BCUT2D eigenvalue weighted by molar-refractivity contribution is 6.29. The number of pyridine rings is 1. The van der Waals surface area contributed by atoms with Gasteiger partial charge in [0.1, 0.15) is 16.8 Å². The van der Waals surface area contributed by atoms with Gasteiger partial charge in [-0.15, -0.1) is 0 Å². The second-order valence-corrected chi connectivity index (χ2v) is 7.54. The van der Waals surface area contributed by atoms with E-state index in [1.165, 1.54) is 11.0 Å². The SMILES string of the molecule is CC(C)(C)OC(=O)N1C(C(=O)Nc2nc(Cl)ccc2F)CC2CC21. The molecule has 1 aliphatic carbocycles. The highest BCUT2D eigenvalue weighted by Crippen LogP contribution is 2.48. The molecule has 1 aromatic heterocycles. The first-order valence-electron chi connectivity index (χ1n) is 7.80. The number of nitrogens with zero attached hydrogens (tertiary/aromatic N) is 2. The van der Waals surface area contributed by atoms with Gasteiger partial charge in [0.05, 0.1) is 0 Å². The molecule has 2 heterocycles. The number of anilines is 1. The Balaban J connectivity index is 1.74. The molecule has 3 rings (SSSR count). The molecule has 2 fully saturated rings. The van der Waals surface area contributed by atoms with Gasteiger partial charge in [-0.3, -0.25) is 9.69 Å². The lowest BCUT2D eigenvalue weighted by atomic mass is 10.1. The minimum atomic E-state index is -0.691. The van der Waals surface area contributed by atoms with Gasteiger partial charge < -0.3 is 10.1 Å². The van der Waals surface area contributed by atoms with E-state index in [9.17, 15) is 14.0 Å². The van der Waals surface area contributed by atoms with Crippen LogP contribution in [0, 0.1) is 11.7 Å². The van der Waals surface area contributed by atoms with Gasteiger partial charge in [-0.1, -0.05) is 11.6 Å². The first-order valence-corrected chi connectivity index (χ1v) is 8.18. The summed E-state index contributed by atoms with van der Waals surface area (Å²) < 4.78 is 19.1. The number of piperidine rings is 1. The van der Waals surface area contributed by atoms with Crippen LogP contribution in [-0.2, 0) is 9.53 Å². The van der Waals surface area contributed by atoms with E-state index in [4.69, 9.17) is 16.3 Å². The summed E-state index contributed by atoms with van der Waals surface area (Å²) in [6, 6.07) is 1.75. The third kappa shape index (κ3) is 3.45. The largest absolute Gasteiger partial charge is 0.444 e. The average Bonchev–Trinajstić information content (AvgIpc) is 3.11. The van der Waals surface area contributed by atoms with Crippen molar-refractivity contribution < 1.29 is 18.7 Å². The molecule has 3 unspecified atom stereocenters. The minimum Gasteiger partial charge on any atom is -0.444 e. The molecule has 0 spiro atoms. The number of aromatic nitrogens is 1. The quantitative estimate of drug-likeness (QED) is 0.827. The Morgan fingerprint density at radius 3 is 2.75 bits per heavy atom. The second-order valence-electron chi connectivity index (χ2n) is 7.16. The maximum absolute atomic E-state index is 13.7. The standard InChI is InChI=1S/C16H19ClFN3O3/c1-16(2,3)24-15(23)21-10-6-8(10)7-11(21)14(22)20-13-9(18)4-5-12(17)19-13/h4-5,8,10-11H,6-7H2,1-3H3,(H,19,20,22). The summed E-state index contributed by atoms with van der Waals surface area (Å²) in [5.74, 6) is -1.11. The molecule has 24 heavy (non-hydrogen) atoms. The molecule has 0 aromatic carbocycles. The van der Waals surface area contributed by atoms with E-state index in [0.717, 1.165) is 12.5 Å². The number of carbonyl (C=O) groups is 2. The highest BCUT2D eigenvalue weighted by atomic mass is 35.5. The Bertz CT molecular complexity index is 692. The lowest BCUT2D eigenvalue weighted by molar-refractivity contribution is -0.121. The van der Waals surface area contributed by atoms with Crippen LogP contribution in [0.1, 0.15) is 33.6 Å². The summed E-state index contributed by atoms with van der Waals surface area (Å²) in [4.78, 5) is 30.1. The number of amides is 2. The van der Waals surface area contributed by atoms with Crippen LogP contribution in [0.15, 0.2) is 12.1 Å². The molecule has 2 amide bonds. The first-order chi connectivity index (χ1) is 11.2. The van der Waals surface area contributed by atoms with Gasteiger partial charge in [-0.05, 0) is 51.7 Å². The van der Waals surface area contributed by atoms with Crippen molar-refractivity contribution in [3.8, 4) is 0 Å². The molecule has 1 saturated carbocycles. The molecular weight excluding hydrogens is 337 g/mol. The van der Waals surface area contributed by atoms with E-state index in [2.05, 4.69) is 10.3 Å². The van der Waals surface area contributed by atoms with Crippen molar-refractivity contribution in [1.29, 1.82) is 0 Å². The molecule has 6 nitrogen and oxygen atoms in total. The van der Waals surface area contributed by atoms with E-state index < -0.39 is 29.5 Å². The van der Waals surface area contributed by atoms with Crippen molar-refractivity contribution in [1.82, 2.24) is 9.88 Å². The Hall–Kier alpha value is -1.89. The fourth-order valence-electron chi connectivity index (χ4n) is 2.97. The number of rotatable bonds is 2. The Labute approximate surface area is 144 Å². The molecule has 1 N–H and O–H groups in total. The molecule has 3 atom stereocenters. The molecular formula is C16H19ClFN3O3. The summed E-state index contributed by atoms with van der Waals surface area (Å²) >= 11 is 5.73. The third-order valence-electron chi connectivity index (χ3n) is 4.06. The van der Waals surface area contributed by atoms with Crippen LogP contribution >= 0.6 is 11.6 Å². The molecule has 2 aliphatic rings. The van der Waals surface area contributed by atoms with Crippen molar-refractivity contribution in [2.45, 2.75) is 51.3 Å². The number of hydrogen-bond donors (Lipinski definition) is 1. The summed E-state index contributed by atoms with van der Waals surface area (Å²) in [6.45, 7) is 5.31. The van der Waals surface area contributed by atoms with E-state index >= 15 is 0 Å². The summed E-state index contributed by atoms with van der Waals surface area (Å²) in [5, 5.41) is 2.50. The molecule has 0 radical (unpaired) electrons. The summed E-state index contributed by atoms with van der Waals surface area (Å²) in [7, 11) is 0. The van der Waals surface area contributed by atoms with Gasteiger partial charge in [-0.25, -0.2) is 14.2 Å². The van der Waals surface area contributed by atoms with Crippen LogP contribution in [0.3, 0.4) is 0 Å². The first kappa shape index (κ1) is 17.0. The topological polar surface area (TPSA) is 71.5 Å². The average molecular weight is 356 g/mol. The van der Waals surface area contributed by atoms with Crippen molar-refractivity contribution in [3.63, 3.8) is 0 Å². The number of ether oxygens (including phenoxy) is 1. The number of hydrogen-bond acceptors (Lipinski definition) is 4. The molecule has 8 heteroatoms. The summed E-state index contributed by atoms with van der Waals surface area (Å²) in [5.41, 5.74) is -0.647. The number of carbonyl (C=O) groups excluding carboxylic acids is 2. The number of halogens is 2. The Morgan fingerprint density at radius 2 is 2.08 bits per heavy atom. The van der Waals surface area contributed by atoms with Crippen LogP contribution in [0.25, 0.3) is 0 Å². The van der Waals surface area contributed by atoms with Gasteiger partial charge in [0.25, 0.3) is 0 Å². The Morgan fingerprint density at radius 1 is 1.38 bits per heavy atom. The van der Waals surface area contributed by atoms with E-state index in [-0.39, 0.29) is 17.0 Å². The fraction of sp³-hybridized carbons (Fsp3) is 0.562. The zero-order chi connectivity index (χ0) is 17.6. The van der Waals surface area contributed by atoms with Crippen molar-refractivity contribution in [2.75, 3.05) is 5.32 Å². The minimum absolute atomic E-state index is 0.0211. The van der Waals surface area contributed by atoms with Gasteiger partial charge in [0, 0.05) is 6.04 Å². The summed E-state index contributed by atoms with van der Waals surface area (Å²) in [6.07, 6.45) is 0.886. The number of likely N-dealkylation sites (tertiary alicyclic amines) is 1. The third-order valence-corrected chi connectivity index (χ3v) is 4.28. The molecule has 130 valence electrons. The molecule has 0 bridgehead atoms. The van der Waals surface area contributed by atoms with Gasteiger partial charge in [0.2, 0.25) is 5.91 Å². The molecule has 1 aliphatic heterocycles. The van der Waals surface area contributed by atoms with Crippen molar-refractivity contribution >= 4 is 29.4 Å². The number of nitrogens with one attached hydrogen (secondary N) is 1. The maximum atomic E-state index is 13.7. The fourth-order valence-corrected chi connectivity index (χ4v) is 3.12. The predicted molar refractivity (Wildman–Crippen MR) is 86.2 cm³/mol. The molecule has 1 saturated heterocycles. The van der Waals surface area contributed by atoms with E-state index in [1.54, 1.807) is 20.8 Å². The zero-order valence-corrected chi connectivity index (χ0v) is 14.4. The van der Waals surface area contributed by atoms with Crippen molar-refractivity contribution in [3.05, 3.63) is 23.1 Å². The monoisotopic (exact) mass is 355 g/mol. The van der Waals surface area contributed by atoms with Gasteiger partial charge >= 0.3 is 6.09 Å². The smallest absolute Gasteiger partial charge is 0.411 e. The van der Waals surface area contributed by atoms with Gasteiger partial charge in [0.15, 0.2) is 11.6 Å². The van der Waals surface area contributed by atoms with Crippen LogP contribution in [-0.4, -0.2) is 39.6 Å². The van der Waals surface area contributed by atoms with Crippen LogP contribution in [0.5, 0.6) is 0 Å². The lowest BCUT2D eigenvalue weighted by Crippen LogP contribution is -2.47. The maximum Gasteiger partial charge on any atom is 0.411 e. The van der Waals surface area contributed by atoms with Gasteiger partial charge in [-0.2, -0.15) is 0 Å². The van der Waals surface area contributed by atoms with Crippen LogP contribution in [0.4, 0.5) is 15.0 Å². The van der Waals surface area contributed by atoms with Crippen LogP contribution < -0.4 is 5.32 Å². The van der Waals surface area contributed by atoms with E-state index in [0.29, 0.717) is 12.3 Å². The second kappa shape index (κ2) is 5.88. The normalized spacial score (nSPS) is 25.2. The highest BCUT2D eigenvalue weighted by Gasteiger charge is 2.57. The number of fused-ring (bicyclic) bond motifs is 1. The lowest BCUT2D eigenvalue weighted by Gasteiger charge is -2.29. The Kier molecular flexibility index (Phi) is 4.15. The predicted octanol–water partition coefficient (Wildman–Crippen LogP) is 3.21. The van der Waals surface area contributed by atoms with Crippen molar-refractivity contribution in [2.24, 2.45) is 5.92 Å². The van der Waals surface area contributed by atoms with E-state index in [1.807, 2.05) is 0 Å².